The maximum atomic E-state index is 10.4. The van der Waals surface area contributed by atoms with Crippen LogP contribution in [0.25, 0.3) is 0 Å². The molecular weight excluding hydrogens is 216 g/mol. The molecule has 1 aromatic rings. The quantitative estimate of drug-likeness (QED) is 0.574. The normalized spacial score (nSPS) is 12.7. The highest BCUT2D eigenvalue weighted by Gasteiger charge is 2.10. The highest BCUT2D eigenvalue weighted by atomic mass is 32.1. The maximum Gasteiger partial charge on any atom is 0.324 e. The topological polar surface area (TPSA) is 75.4 Å². The summed E-state index contributed by atoms with van der Waals surface area (Å²) in [5.74, 6) is 0. The summed E-state index contributed by atoms with van der Waals surface area (Å²) >= 11 is 1.12. The van der Waals surface area contributed by atoms with Crippen LogP contribution in [0.15, 0.2) is 11.4 Å². The fourth-order valence-corrected chi connectivity index (χ4v) is 1.88. The lowest BCUT2D eigenvalue weighted by Crippen LogP contribution is -2.30. The van der Waals surface area contributed by atoms with Gasteiger partial charge < -0.3 is 10.4 Å². The van der Waals surface area contributed by atoms with Gasteiger partial charge in [0.25, 0.3) is 0 Å². The second kappa shape index (κ2) is 5.79. The molecule has 0 aromatic carbocycles. The summed E-state index contributed by atoms with van der Waals surface area (Å²) in [5.41, 5.74) is 0.888. The smallest absolute Gasteiger partial charge is 0.324 e. The van der Waals surface area contributed by atoms with Crippen LogP contribution in [0.3, 0.4) is 0 Å². The van der Waals surface area contributed by atoms with Crippen molar-refractivity contribution in [3.05, 3.63) is 27.1 Å². The van der Waals surface area contributed by atoms with Crippen molar-refractivity contribution in [1.82, 2.24) is 5.32 Å². The van der Waals surface area contributed by atoms with Gasteiger partial charge in [0.05, 0.1) is 11.5 Å². The first-order valence-corrected chi connectivity index (χ1v) is 5.61. The van der Waals surface area contributed by atoms with E-state index in [1.54, 1.807) is 11.4 Å². The minimum Gasteiger partial charge on any atom is -0.395 e. The fourth-order valence-electron chi connectivity index (χ4n) is 1.15. The molecule has 1 heterocycles. The second-order valence-electron chi connectivity index (χ2n) is 3.22. The van der Waals surface area contributed by atoms with Crippen molar-refractivity contribution in [2.24, 2.45) is 0 Å². The van der Waals surface area contributed by atoms with E-state index in [4.69, 9.17) is 5.11 Å². The Kier molecular flexibility index (Phi) is 4.67. The lowest BCUT2D eigenvalue weighted by Gasteiger charge is -2.12. The highest BCUT2D eigenvalue weighted by Crippen LogP contribution is 2.22. The zero-order valence-electron chi connectivity index (χ0n) is 8.47. The minimum atomic E-state index is -0.391. The summed E-state index contributed by atoms with van der Waals surface area (Å²) in [7, 11) is 0. The van der Waals surface area contributed by atoms with Crippen molar-refractivity contribution in [2.75, 3.05) is 6.61 Å². The number of aliphatic hydroxyl groups excluding tert-OH is 1. The van der Waals surface area contributed by atoms with Crippen LogP contribution in [0.2, 0.25) is 0 Å². The minimum absolute atomic E-state index is 0.0592. The van der Waals surface area contributed by atoms with Gasteiger partial charge in [-0.15, -0.1) is 0 Å². The van der Waals surface area contributed by atoms with E-state index < -0.39 is 4.92 Å². The number of aliphatic hydroxyl groups is 1. The molecule has 0 aliphatic heterocycles. The molecule has 5 nitrogen and oxygen atoms in total. The molecule has 0 aliphatic carbocycles. The number of hydrogen-bond donors (Lipinski definition) is 2. The summed E-state index contributed by atoms with van der Waals surface area (Å²) in [6.45, 7) is 2.62. The molecule has 1 aromatic heterocycles. The average Bonchev–Trinajstić information content (AvgIpc) is 2.68. The standard InChI is InChI=1S/C9H14N2O3S/c1-2-8(5-12)10-4-7-3-9(11(13)14)15-6-7/h3,6,8,10,12H,2,4-5H2,1H3/t8-/m0/s1. The van der Waals surface area contributed by atoms with E-state index in [1.807, 2.05) is 6.92 Å². The SMILES string of the molecule is CC[C@@H](CO)NCc1csc([N+](=O)[O-])c1. The summed E-state index contributed by atoms with van der Waals surface area (Å²) in [6, 6.07) is 1.62. The molecule has 0 spiro atoms. The van der Waals surface area contributed by atoms with E-state index in [1.165, 1.54) is 0 Å². The number of nitrogens with one attached hydrogen (secondary N) is 1. The van der Waals surface area contributed by atoms with Gasteiger partial charge in [-0.05, 0) is 12.0 Å². The third-order valence-corrected chi connectivity index (χ3v) is 3.06. The van der Waals surface area contributed by atoms with E-state index in [-0.39, 0.29) is 17.6 Å². The van der Waals surface area contributed by atoms with Gasteiger partial charge in [0, 0.05) is 24.0 Å². The van der Waals surface area contributed by atoms with Crippen LogP contribution < -0.4 is 5.32 Å². The fraction of sp³-hybridized carbons (Fsp3) is 0.556. The van der Waals surface area contributed by atoms with Crippen molar-refractivity contribution in [3.63, 3.8) is 0 Å². The van der Waals surface area contributed by atoms with E-state index in [0.717, 1.165) is 23.3 Å². The van der Waals surface area contributed by atoms with Gasteiger partial charge in [-0.1, -0.05) is 18.3 Å². The summed E-state index contributed by atoms with van der Waals surface area (Å²) in [4.78, 5) is 10.0. The van der Waals surface area contributed by atoms with Gasteiger partial charge in [-0.2, -0.15) is 0 Å². The molecule has 0 radical (unpaired) electrons. The number of thiophene rings is 1. The molecule has 0 fully saturated rings. The predicted molar refractivity (Wildman–Crippen MR) is 59.0 cm³/mol. The van der Waals surface area contributed by atoms with Gasteiger partial charge in [-0.3, -0.25) is 10.1 Å². The Morgan fingerprint density at radius 2 is 2.47 bits per heavy atom. The van der Waals surface area contributed by atoms with Gasteiger partial charge in [0.1, 0.15) is 0 Å². The van der Waals surface area contributed by atoms with Crippen LogP contribution in [0.1, 0.15) is 18.9 Å². The second-order valence-corrected chi connectivity index (χ2v) is 4.11. The first-order valence-electron chi connectivity index (χ1n) is 4.73. The van der Waals surface area contributed by atoms with Gasteiger partial charge in [-0.25, -0.2) is 0 Å². The number of hydrogen-bond acceptors (Lipinski definition) is 5. The first kappa shape index (κ1) is 12.1. The molecule has 1 rings (SSSR count). The molecule has 0 aliphatic rings. The van der Waals surface area contributed by atoms with Crippen molar-refractivity contribution in [1.29, 1.82) is 0 Å². The average molecular weight is 230 g/mol. The lowest BCUT2D eigenvalue weighted by molar-refractivity contribution is -0.380. The van der Waals surface area contributed by atoms with Crippen LogP contribution in [0.4, 0.5) is 5.00 Å². The molecule has 0 amide bonds. The Bertz CT molecular complexity index is 323. The molecule has 0 saturated carbocycles. The monoisotopic (exact) mass is 230 g/mol. The van der Waals surface area contributed by atoms with Crippen molar-refractivity contribution in [3.8, 4) is 0 Å². The summed E-state index contributed by atoms with van der Waals surface area (Å²) in [6.07, 6.45) is 0.836. The zero-order valence-corrected chi connectivity index (χ0v) is 9.29. The molecule has 2 N–H and O–H groups in total. The van der Waals surface area contributed by atoms with Crippen molar-refractivity contribution in [2.45, 2.75) is 25.9 Å². The first-order chi connectivity index (χ1) is 7.17. The predicted octanol–water partition coefficient (Wildman–Crippen LogP) is 1.52. The van der Waals surface area contributed by atoms with Crippen molar-refractivity contribution >= 4 is 16.3 Å². The Morgan fingerprint density at radius 1 is 1.73 bits per heavy atom. The Balaban J connectivity index is 2.47. The Labute approximate surface area is 91.9 Å². The van der Waals surface area contributed by atoms with E-state index in [0.29, 0.717) is 6.54 Å². The van der Waals surface area contributed by atoms with Gasteiger partial charge >= 0.3 is 5.00 Å². The molecule has 0 unspecified atom stereocenters. The summed E-state index contributed by atoms with van der Waals surface area (Å²) < 4.78 is 0. The highest BCUT2D eigenvalue weighted by molar-refractivity contribution is 7.13. The molecular formula is C9H14N2O3S. The maximum absolute atomic E-state index is 10.4. The third-order valence-electron chi connectivity index (χ3n) is 2.13. The lowest BCUT2D eigenvalue weighted by atomic mass is 10.2. The number of nitrogens with zero attached hydrogens (tertiary/aromatic N) is 1. The largest absolute Gasteiger partial charge is 0.395 e. The molecule has 0 bridgehead atoms. The Hall–Kier alpha value is -0.980. The molecule has 0 saturated heterocycles. The van der Waals surface area contributed by atoms with Crippen LogP contribution in [-0.2, 0) is 6.54 Å². The Morgan fingerprint density at radius 3 is 2.93 bits per heavy atom. The summed E-state index contributed by atoms with van der Waals surface area (Å²) in [5, 5.41) is 24.4. The van der Waals surface area contributed by atoms with Crippen LogP contribution in [0, 0.1) is 10.1 Å². The van der Waals surface area contributed by atoms with E-state index in [9.17, 15) is 10.1 Å². The third kappa shape index (κ3) is 3.58. The number of rotatable bonds is 6. The molecule has 6 heteroatoms. The van der Waals surface area contributed by atoms with Gasteiger partial charge in [0.15, 0.2) is 0 Å². The van der Waals surface area contributed by atoms with E-state index in [2.05, 4.69) is 5.32 Å². The van der Waals surface area contributed by atoms with Gasteiger partial charge in [0.2, 0.25) is 0 Å². The molecule has 15 heavy (non-hydrogen) atoms. The number of nitro groups is 1. The van der Waals surface area contributed by atoms with Crippen LogP contribution >= 0.6 is 11.3 Å². The zero-order chi connectivity index (χ0) is 11.3. The molecule has 84 valence electrons. The van der Waals surface area contributed by atoms with Crippen molar-refractivity contribution < 1.29 is 10.0 Å². The van der Waals surface area contributed by atoms with Crippen LogP contribution in [-0.4, -0.2) is 22.7 Å². The molecule has 1 atom stereocenters. The van der Waals surface area contributed by atoms with E-state index >= 15 is 0 Å². The van der Waals surface area contributed by atoms with Crippen LogP contribution in [0.5, 0.6) is 0 Å².